The smallest absolute Gasteiger partial charge is 0.292 e. The van der Waals surface area contributed by atoms with Crippen molar-refractivity contribution in [2.45, 2.75) is 31.7 Å². The number of anilines is 2. The molecular weight excluding hydrogens is 549 g/mol. The van der Waals surface area contributed by atoms with E-state index in [1.807, 2.05) is 0 Å². The molecule has 2 atom stereocenters. The second-order valence-electron chi connectivity index (χ2n) is 9.61. The van der Waals surface area contributed by atoms with Gasteiger partial charge in [-0.05, 0) is 60.9 Å². The maximum atomic E-state index is 13.7. The third-order valence-electron chi connectivity index (χ3n) is 6.94. The summed E-state index contributed by atoms with van der Waals surface area (Å²) < 4.78 is 18.9. The molecule has 2 aromatic carbocycles. The molecule has 210 valence electrons. The number of hydrogen-bond acceptors (Lipinski definition) is 7. The van der Waals surface area contributed by atoms with Crippen molar-refractivity contribution in [3.63, 3.8) is 0 Å². The molecule has 4 aromatic rings. The van der Waals surface area contributed by atoms with Crippen LogP contribution in [0.15, 0.2) is 71.3 Å². The molecule has 0 spiro atoms. The Balaban J connectivity index is 0.00000387. The predicted molar refractivity (Wildman–Crippen MR) is 154 cm³/mol. The summed E-state index contributed by atoms with van der Waals surface area (Å²) in [6, 6.07) is 16.8. The maximum absolute atomic E-state index is 13.7. The summed E-state index contributed by atoms with van der Waals surface area (Å²) in [5.41, 5.74) is 8.03. The predicted octanol–water partition coefficient (Wildman–Crippen LogP) is 5.86. The van der Waals surface area contributed by atoms with Crippen LogP contribution in [0.3, 0.4) is 0 Å². The first-order chi connectivity index (χ1) is 19.3. The van der Waals surface area contributed by atoms with Crippen LogP contribution in [0.4, 0.5) is 15.9 Å². The van der Waals surface area contributed by atoms with E-state index in [2.05, 4.69) is 21.7 Å². The number of pyridine rings is 1. The van der Waals surface area contributed by atoms with Gasteiger partial charge in [0.05, 0.1) is 17.9 Å². The fourth-order valence-electron chi connectivity index (χ4n) is 4.90. The lowest BCUT2D eigenvalue weighted by Gasteiger charge is -2.27. The Kier molecular flexibility index (Phi) is 9.02. The molecule has 2 amide bonds. The number of phenols is 1. The minimum atomic E-state index is -0.636. The molecule has 0 unspecified atom stereocenters. The molecule has 2 heterocycles. The highest BCUT2D eigenvalue weighted by molar-refractivity contribution is 6.03. The van der Waals surface area contributed by atoms with Gasteiger partial charge >= 0.3 is 0 Å². The van der Waals surface area contributed by atoms with Gasteiger partial charge in [0.15, 0.2) is 11.6 Å². The average Bonchev–Trinajstić information content (AvgIpc) is 3.48. The first-order valence-corrected chi connectivity index (χ1v) is 12.8. The number of furan rings is 1. The Morgan fingerprint density at radius 1 is 1.05 bits per heavy atom. The third-order valence-corrected chi connectivity index (χ3v) is 6.94. The van der Waals surface area contributed by atoms with Crippen LogP contribution in [-0.4, -0.2) is 27.9 Å². The van der Waals surface area contributed by atoms with E-state index in [1.54, 1.807) is 36.4 Å². The monoisotopic (exact) mass is 575 g/mol. The number of phenolic OH excluding ortho intramolecular Hbond substituents is 1. The lowest BCUT2D eigenvalue weighted by Crippen LogP contribution is -2.40. The van der Waals surface area contributed by atoms with Gasteiger partial charge in [0.2, 0.25) is 5.91 Å². The van der Waals surface area contributed by atoms with E-state index >= 15 is 0 Å². The van der Waals surface area contributed by atoms with E-state index in [0.717, 1.165) is 31.7 Å². The number of benzene rings is 2. The number of nitriles is 1. The van der Waals surface area contributed by atoms with Gasteiger partial charge in [-0.3, -0.25) is 9.59 Å². The van der Waals surface area contributed by atoms with Gasteiger partial charge in [-0.1, -0.05) is 25.0 Å². The Hall–Kier alpha value is -4.72. The van der Waals surface area contributed by atoms with E-state index in [9.17, 15) is 24.3 Å². The first-order valence-electron chi connectivity index (χ1n) is 12.8. The van der Waals surface area contributed by atoms with Crippen molar-refractivity contribution in [1.29, 1.82) is 5.26 Å². The minimum Gasteiger partial charge on any atom is -0.507 e. The van der Waals surface area contributed by atoms with Crippen molar-refractivity contribution >= 4 is 35.7 Å². The number of carbonyl (C=O) groups excluding carboxylic acids is 2. The van der Waals surface area contributed by atoms with Gasteiger partial charge < -0.3 is 25.9 Å². The highest BCUT2D eigenvalue weighted by Gasteiger charge is 2.28. The lowest BCUT2D eigenvalue weighted by atomic mass is 9.84. The number of nitrogens with one attached hydrogen (secondary N) is 2. The minimum absolute atomic E-state index is 0. The van der Waals surface area contributed by atoms with Gasteiger partial charge in [-0.15, -0.1) is 12.4 Å². The van der Waals surface area contributed by atoms with Gasteiger partial charge in [0.25, 0.3) is 5.91 Å². The Morgan fingerprint density at radius 3 is 2.56 bits per heavy atom. The van der Waals surface area contributed by atoms with Crippen LogP contribution >= 0.6 is 12.4 Å². The fourth-order valence-corrected chi connectivity index (χ4v) is 4.90. The molecule has 5 rings (SSSR count). The first kappa shape index (κ1) is 29.3. The fraction of sp³-hybridized carbons (Fsp3) is 0.200. The van der Waals surface area contributed by atoms with Crippen LogP contribution in [0.2, 0.25) is 0 Å². The van der Waals surface area contributed by atoms with Crippen molar-refractivity contribution in [3.05, 3.63) is 84.1 Å². The second-order valence-corrected chi connectivity index (χ2v) is 9.61. The van der Waals surface area contributed by atoms with E-state index in [0.29, 0.717) is 16.8 Å². The van der Waals surface area contributed by atoms with Crippen molar-refractivity contribution in [2.75, 3.05) is 10.6 Å². The number of aromatic nitrogens is 1. The number of rotatable bonds is 6. The van der Waals surface area contributed by atoms with Crippen molar-refractivity contribution in [3.8, 4) is 34.2 Å². The summed E-state index contributed by atoms with van der Waals surface area (Å²) in [6.45, 7) is 0. The molecule has 1 fully saturated rings. The zero-order chi connectivity index (χ0) is 28.2. The molecule has 9 nitrogen and oxygen atoms in total. The molecule has 1 aliphatic carbocycles. The molecule has 1 aliphatic rings. The third kappa shape index (κ3) is 6.38. The van der Waals surface area contributed by atoms with E-state index in [4.69, 9.17) is 10.2 Å². The molecule has 11 heteroatoms. The zero-order valence-corrected chi connectivity index (χ0v) is 22.6. The molecule has 5 N–H and O–H groups in total. The lowest BCUT2D eigenvalue weighted by molar-refractivity contribution is -0.121. The van der Waals surface area contributed by atoms with E-state index < -0.39 is 11.7 Å². The summed E-state index contributed by atoms with van der Waals surface area (Å²) >= 11 is 0. The van der Waals surface area contributed by atoms with Crippen molar-refractivity contribution < 1.29 is 23.5 Å². The van der Waals surface area contributed by atoms with Gasteiger partial charge in [-0.25, -0.2) is 9.37 Å². The highest BCUT2D eigenvalue weighted by Crippen LogP contribution is 2.37. The van der Waals surface area contributed by atoms with Crippen LogP contribution in [0.5, 0.6) is 5.75 Å². The Labute approximate surface area is 241 Å². The molecule has 0 bridgehead atoms. The van der Waals surface area contributed by atoms with Gasteiger partial charge in [0.1, 0.15) is 23.2 Å². The number of halogens is 2. The molecule has 0 saturated heterocycles. The SMILES string of the molecule is Cl.N#Cc1c(-c2cccc(NC(=O)[C@@H]3CCCC[C@@H]3N)c2)cc(-c2ccc(F)cc2O)nc1NC(=O)c1ccco1. The zero-order valence-electron chi connectivity index (χ0n) is 21.8. The molecule has 41 heavy (non-hydrogen) atoms. The molecule has 0 radical (unpaired) electrons. The number of nitrogens with zero attached hydrogens (tertiary/aromatic N) is 2. The summed E-state index contributed by atoms with van der Waals surface area (Å²) in [7, 11) is 0. The Bertz CT molecular complexity index is 1620. The Morgan fingerprint density at radius 2 is 1.85 bits per heavy atom. The molecule has 0 aliphatic heterocycles. The van der Waals surface area contributed by atoms with E-state index in [1.165, 1.54) is 24.5 Å². The molecular formula is C30H27ClFN5O4. The van der Waals surface area contributed by atoms with Crippen LogP contribution in [0.1, 0.15) is 41.8 Å². The van der Waals surface area contributed by atoms with Gasteiger partial charge in [0, 0.05) is 28.9 Å². The van der Waals surface area contributed by atoms with Gasteiger partial charge in [-0.2, -0.15) is 5.26 Å². The van der Waals surface area contributed by atoms with Crippen LogP contribution in [0.25, 0.3) is 22.4 Å². The standard InChI is InChI=1S/C30H26FN5O4.ClH/c31-18-10-11-21(26(37)14-18)25-15-22(23(16-32)28(35-25)36-30(39)27-9-4-12-40-27)17-5-3-6-19(13-17)34-29(38)20-7-1-2-8-24(20)33;/h3-6,9-15,20,24,37H,1-2,7-8,33H2,(H,34,38)(H,35,36,39);1H/t20-,24+;/m1./s1. The summed E-state index contributed by atoms with van der Waals surface area (Å²) in [4.78, 5) is 30.2. The quantitative estimate of drug-likeness (QED) is 0.224. The van der Waals surface area contributed by atoms with E-state index in [-0.39, 0.29) is 64.4 Å². The van der Waals surface area contributed by atoms with Crippen molar-refractivity contribution in [1.82, 2.24) is 4.98 Å². The number of hydrogen-bond donors (Lipinski definition) is 4. The number of aromatic hydroxyl groups is 1. The normalized spacial score (nSPS) is 16.2. The van der Waals surface area contributed by atoms with Crippen molar-refractivity contribution in [2.24, 2.45) is 11.7 Å². The number of carbonyl (C=O) groups is 2. The number of nitrogens with two attached hydrogens (primary N) is 1. The summed E-state index contributed by atoms with van der Waals surface area (Å²) in [6.07, 6.45) is 4.81. The topological polar surface area (TPSA) is 154 Å². The van der Waals surface area contributed by atoms with Crippen LogP contribution < -0.4 is 16.4 Å². The summed E-state index contributed by atoms with van der Waals surface area (Å²) in [5.74, 6) is -2.16. The largest absolute Gasteiger partial charge is 0.507 e. The second kappa shape index (κ2) is 12.6. The number of amides is 2. The maximum Gasteiger partial charge on any atom is 0.292 e. The molecule has 1 saturated carbocycles. The molecule has 2 aromatic heterocycles. The average molecular weight is 576 g/mol. The highest BCUT2D eigenvalue weighted by atomic mass is 35.5. The van der Waals surface area contributed by atoms with Crippen LogP contribution in [0, 0.1) is 23.1 Å². The van der Waals surface area contributed by atoms with Crippen LogP contribution in [-0.2, 0) is 4.79 Å². The summed E-state index contributed by atoms with van der Waals surface area (Å²) in [5, 5.41) is 26.1.